The standard InChI is InChI=1S/C15H13Cl2FO/c1-15(19,11-5-3-6-12(16)8-11)9-10-4-2-7-13(17)14(10)18/h2-8,19H,9H2,1H3. The number of hydrogen-bond acceptors (Lipinski definition) is 1. The molecule has 0 heterocycles. The van der Waals surface area contributed by atoms with Crippen LogP contribution in [-0.2, 0) is 12.0 Å². The van der Waals surface area contributed by atoms with Gasteiger partial charge in [0.2, 0.25) is 0 Å². The Morgan fingerprint density at radius 2 is 1.84 bits per heavy atom. The minimum absolute atomic E-state index is 0.0550. The van der Waals surface area contributed by atoms with Crippen molar-refractivity contribution in [3.05, 3.63) is 69.5 Å². The lowest BCUT2D eigenvalue weighted by Crippen LogP contribution is -2.24. The van der Waals surface area contributed by atoms with E-state index < -0.39 is 11.4 Å². The van der Waals surface area contributed by atoms with Crippen LogP contribution in [0.5, 0.6) is 0 Å². The summed E-state index contributed by atoms with van der Waals surface area (Å²) in [6.45, 7) is 1.62. The lowest BCUT2D eigenvalue weighted by atomic mass is 9.89. The molecule has 0 aliphatic heterocycles. The molecule has 0 saturated heterocycles. The highest BCUT2D eigenvalue weighted by atomic mass is 35.5. The molecule has 1 nitrogen and oxygen atoms in total. The first-order valence-electron chi connectivity index (χ1n) is 5.81. The Balaban J connectivity index is 2.33. The average molecular weight is 299 g/mol. The first-order valence-corrected chi connectivity index (χ1v) is 6.57. The Morgan fingerprint density at radius 3 is 2.53 bits per heavy atom. The highest BCUT2D eigenvalue weighted by Crippen LogP contribution is 2.29. The van der Waals surface area contributed by atoms with Crippen LogP contribution in [0.15, 0.2) is 42.5 Å². The van der Waals surface area contributed by atoms with Crippen LogP contribution in [-0.4, -0.2) is 5.11 Å². The second kappa shape index (κ2) is 5.49. The molecule has 0 aliphatic carbocycles. The van der Waals surface area contributed by atoms with E-state index in [1.165, 1.54) is 6.07 Å². The van der Waals surface area contributed by atoms with Gasteiger partial charge in [0.05, 0.1) is 10.6 Å². The van der Waals surface area contributed by atoms with E-state index in [1.807, 2.05) is 0 Å². The van der Waals surface area contributed by atoms with Crippen molar-refractivity contribution in [2.75, 3.05) is 0 Å². The second-order valence-corrected chi connectivity index (χ2v) is 5.52. The molecule has 0 fully saturated rings. The lowest BCUT2D eigenvalue weighted by Gasteiger charge is -2.24. The zero-order valence-electron chi connectivity index (χ0n) is 10.3. The minimum atomic E-state index is -1.21. The fourth-order valence-corrected chi connectivity index (χ4v) is 2.37. The highest BCUT2D eigenvalue weighted by Gasteiger charge is 2.25. The molecule has 0 radical (unpaired) electrons. The van der Waals surface area contributed by atoms with Crippen LogP contribution < -0.4 is 0 Å². The second-order valence-electron chi connectivity index (χ2n) is 4.67. The van der Waals surface area contributed by atoms with Crippen LogP contribution in [0.2, 0.25) is 10.0 Å². The van der Waals surface area contributed by atoms with Gasteiger partial charge in [0, 0.05) is 11.4 Å². The molecular formula is C15H13Cl2FO. The molecule has 0 spiro atoms. The molecule has 4 heteroatoms. The summed E-state index contributed by atoms with van der Waals surface area (Å²) in [6.07, 6.45) is 0.125. The van der Waals surface area contributed by atoms with Crippen LogP contribution in [0.4, 0.5) is 4.39 Å². The van der Waals surface area contributed by atoms with E-state index in [2.05, 4.69) is 0 Å². The predicted octanol–water partition coefficient (Wildman–Crippen LogP) is 4.58. The van der Waals surface area contributed by atoms with Gasteiger partial charge >= 0.3 is 0 Å². The Hall–Kier alpha value is -1.09. The van der Waals surface area contributed by atoms with E-state index in [4.69, 9.17) is 23.2 Å². The average Bonchev–Trinajstić information content (AvgIpc) is 2.35. The van der Waals surface area contributed by atoms with Crippen molar-refractivity contribution in [1.82, 2.24) is 0 Å². The molecule has 1 atom stereocenters. The monoisotopic (exact) mass is 298 g/mol. The zero-order valence-corrected chi connectivity index (χ0v) is 11.8. The normalized spacial score (nSPS) is 14.2. The maximum absolute atomic E-state index is 13.9. The van der Waals surface area contributed by atoms with Gasteiger partial charge in [0.1, 0.15) is 5.82 Å². The number of halogens is 3. The summed E-state index contributed by atoms with van der Waals surface area (Å²) in [5.74, 6) is -0.494. The lowest BCUT2D eigenvalue weighted by molar-refractivity contribution is 0.0567. The van der Waals surface area contributed by atoms with E-state index in [0.717, 1.165) is 0 Å². The molecule has 0 bridgehead atoms. The van der Waals surface area contributed by atoms with E-state index in [9.17, 15) is 9.50 Å². The molecule has 19 heavy (non-hydrogen) atoms. The van der Waals surface area contributed by atoms with Crippen molar-refractivity contribution < 1.29 is 9.50 Å². The van der Waals surface area contributed by atoms with Gasteiger partial charge in [-0.05, 0) is 36.2 Å². The number of benzene rings is 2. The summed E-state index contributed by atoms with van der Waals surface area (Å²) in [7, 11) is 0. The van der Waals surface area contributed by atoms with E-state index in [-0.39, 0.29) is 11.4 Å². The van der Waals surface area contributed by atoms with Gasteiger partial charge in [-0.25, -0.2) is 4.39 Å². The Bertz CT molecular complexity index is 596. The third-order valence-electron chi connectivity index (χ3n) is 3.01. The van der Waals surface area contributed by atoms with E-state index >= 15 is 0 Å². The van der Waals surface area contributed by atoms with E-state index in [1.54, 1.807) is 43.3 Å². The molecule has 1 unspecified atom stereocenters. The third kappa shape index (κ3) is 3.27. The van der Waals surface area contributed by atoms with Gasteiger partial charge in [-0.15, -0.1) is 0 Å². The van der Waals surface area contributed by atoms with Gasteiger partial charge in [-0.1, -0.05) is 47.5 Å². The van der Waals surface area contributed by atoms with Gasteiger partial charge in [0.25, 0.3) is 0 Å². The summed E-state index contributed by atoms with van der Waals surface area (Å²) < 4.78 is 13.9. The predicted molar refractivity (Wildman–Crippen MR) is 76.1 cm³/mol. The van der Waals surface area contributed by atoms with Crippen molar-refractivity contribution in [1.29, 1.82) is 0 Å². The summed E-state index contributed by atoms with van der Waals surface area (Å²) in [5, 5.41) is 11.1. The fraction of sp³-hybridized carbons (Fsp3) is 0.200. The topological polar surface area (TPSA) is 20.2 Å². The van der Waals surface area contributed by atoms with Crippen molar-refractivity contribution in [3.63, 3.8) is 0 Å². The van der Waals surface area contributed by atoms with Crippen LogP contribution in [0.25, 0.3) is 0 Å². The SMILES string of the molecule is CC(O)(Cc1cccc(Cl)c1F)c1cccc(Cl)c1. The summed E-state index contributed by atoms with van der Waals surface area (Å²) in [6, 6.07) is 11.7. The molecule has 0 saturated carbocycles. The molecule has 1 N–H and O–H groups in total. The molecule has 2 aromatic rings. The van der Waals surface area contributed by atoms with Crippen molar-refractivity contribution in [2.24, 2.45) is 0 Å². The maximum Gasteiger partial charge on any atom is 0.145 e. The van der Waals surface area contributed by atoms with Gasteiger partial charge in [0.15, 0.2) is 0 Å². The number of hydrogen-bond donors (Lipinski definition) is 1. The molecular weight excluding hydrogens is 286 g/mol. The smallest absolute Gasteiger partial charge is 0.145 e. The van der Waals surface area contributed by atoms with Crippen molar-refractivity contribution in [3.8, 4) is 0 Å². The first-order chi connectivity index (χ1) is 8.90. The Labute approximate surface area is 121 Å². The maximum atomic E-state index is 13.9. The molecule has 2 rings (SSSR count). The highest BCUT2D eigenvalue weighted by molar-refractivity contribution is 6.31. The molecule has 0 aromatic heterocycles. The van der Waals surface area contributed by atoms with Gasteiger partial charge < -0.3 is 5.11 Å². The fourth-order valence-electron chi connectivity index (χ4n) is 1.98. The number of aliphatic hydroxyl groups is 1. The molecule has 0 aliphatic rings. The summed E-state index contributed by atoms with van der Waals surface area (Å²) in [5.41, 5.74) is -0.201. The number of rotatable bonds is 3. The Morgan fingerprint density at radius 1 is 1.16 bits per heavy atom. The molecule has 0 amide bonds. The van der Waals surface area contributed by atoms with Gasteiger partial charge in [-0.2, -0.15) is 0 Å². The third-order valence-corrected chi connectivity index (χ3v) is 3.54. The van der Waals surface area contributed by atoms with Crippen LogP contribution >= 0.6 is 23.2 Å². The summed E-state index contributed by atoms with van der Waals surface area (Å²) >= 11 is 11.6. The van der Waals surface area contributed by atoms with Crippen molar-refractivity contribution >= 4 is 23.2 Å². The first kappa shape index (κ1) is 14.3. The minimum Gasteiger partial charge on any atom is -0.385 e. The zero-order chi connectivity index (χ0) is 14.0. The summed E-state index contributed by atoms with van der Waals surface area (Å²) in [4.78, 5) is 0. The largest absolute Gasteiger partial charge is 0.385 e. The van der Waals surface area contributed by atoms with Crippen LogP contribution in [0, 0.1) is 5.82 Å². The molecule has 2 aromatic carbocycles. The Kier molecular flexibility index (Phi) is 4.14. The van der Waals surface area contributed by atoms with Crippen LogP contribution in [0.3, 0.4) is 0 Å². The molecule has 100 valence electrons. The van der Waals surface area contributed by atoms with Gasteiger partial charge in [-0.3, -0.25) is 0 Å². The van der Waals surface area contributed by atoms with E-state index in [0.29, 0.717) is 16.1 Å². The quantitative estimate of drug-likeness (QED) is 0.879. The van der Waals surface area contributed by atoms with Crippen molar-refractivity contribution in [2.45, 2.75) is 18.9 Å². The van der Waals surface area contributed by atoms with Crippen LogP contribution in [0.1, 0.15) is 18.1 Å².